The Kier molecular flexibility index (Phi) is 6.61. The van der Waals surface area contributed by atoms with Gasteiger partial charge in [0.05, 0.1) is 17.2 Å². The highest BCUT2D eigenvalue weighted by molar-refractivity contribution is 7.17. The number of fused-ring (bicyclic) bond motifs is 1. The van der Waals surface area contributed by atoms with Crippen molar-refractivity contribution in [3.05, 3.63) is 88.0 Å². The fourth-order valence-corrected chi connectivity index (χ4v) is 5.86. The molecule has 0 saturated carbocycles. The van der Waals surface area contributed by atoms with Gasteiger partial charge in [0.15, 0.2) is 0 Å². The van der Waals surface area contributed by atoms with E-state index in [4.69, 9.17) is 4.99 Å². The first kappa shape index (κ1) is 23.2. The Morgan fingerprint density at radius 2 is 2.00 bits per heavy atom. The molecule has 1 aliphatic heterocycles. The molecule has 5 rings (SSSR count). The van der Waals surface area contributed by atoms with E-state index in [-0.39, 0.29) is 11.9 Å². The molecule has 0 radical (unpaired) electrons. The quantitative estimate of drug-likeness (QED) is 0.404. The molecule has 178 valence electrons. The van der Waals surface area contributed by atoms with Crippen molar-refractivity contribution in [2.24, 2.45) is 16.8 Å². The summed E-state index contributed by atoms with van der Waals surface area (Å²) in [4.78, 5) is 5.13. The van der Waals surface area contributed by atoms with Gasteiger partial charge in [-0.15, -0.1) is 11.3 Å². The number of rotatable bonds is 5. The minimum absolute atomic E-state index is 0.198. The Hall–Kier alpha value is -3.56. The minimum atomic E-state index is -0.198. The van der Waals surface area contributed by atoms with E-state index in [2.05, 4.69) is 66.3 Å². The van der Waals surface area contributed by atoms with Crippen LogP contribution in [-0.2, 0) is 6.42 Å². The molecule has 35 heavy (non-hydrogen) atoms. The van der Waals surface area contributed by atoms with Crippen molar-refractivity contribution in [2.75, 3.05) is 6.54 Å². The van der Waals surface area contributed by atoms with Crippen LogP contribution in [0.3, 0.4) is 0 Å². The highest BCUT2D eigenvalue weighted by atomic mass is 32.1. The lowest BCUT2D eigenvalue weighted by Gasteiger charge is -2.28. The number of benzene rings is 2. The lowest BCUT2D eigenvalue weighted by Crippen LogP contribution is -2.37. The van der Waals surface area contributed by atoms with Gasteiger partial charge in [-0.05, 0) is 65.6 Å². The van der Waals surface area contributed by atoms with E-state index < -0.39 is 0 Å². The number of hydrogen-bond acceptors (Lipinski definition) is 6. The number of aromatic hydroxyl groups is 1. The molecular weight excluding hydrogens is 452 g/mol. The number of phenolic OH excluding ortho intramolecular Hbond substituents is 1. The number of thiophene rings is 1. The van der Waals surface area contributed by atoms with Gasteiger partial charge in [0, 0.05) is 22.5 Å². The van der Waals surface area contributed by atoms with Crippen LogP contribution in [0.2, 0.25) is 0 Å². The molecule has 3 aromatic rings. The number of hydrogen-bond donors (Lipinski definition) is 3. The predicted molar refractivity (Wildman–Crippen MR) is 143 cm³/mol. The topological polar surface area (TPSA) is 80.4 Å². The van der Waals surface area contributed by atoms with Crippen molar-refractivity contribution in [3.63, 3.8) is 0 Å². The molecule has 1 aliphatic carbocycles. The molecule has 2 aromatic carbocycles. The van der Waals surface area contributed by atoms with Gasteiger partial charge >= 0.3 is 0 Å². The Morgan fingerprint density at radius 3 is 2.77 bits per heavy atom. The van der Waals surface area contributed by atoms with Crippen LogP contribution < -0.4 is 10.6 Å². The molecule has 5 nitrogen and oxygen atoms in total. The molecule has 6 heteroatoms. The number of nitrogens with zero attached hydrogens (tertiary/aromatic N) is 2. The molecule has 0 amide bonds. The SMILES string of the molecule is CC(C)C1C=C(C#N)C2=C(CC1)NC(c1csc3ccccc13)N=C2NCCc1ccc(O)cc1. The molecule has 0 spiro atoms. The van der Waals surface area contributed by atoms with Gasteiger partial charge in [0.25, 0.3) is 0 Å². The van der Waals surface area contributed by atoms with E-state index in [1.807, 2.05) is 12.1 Å². The molecule has 0 fully saturated rings. The zero-order valence-corrected chi connectivity index (χ0v) is 20.9. The zero-order valence-electron chi connectivity index (χ0n) is 20.1. The lowest BCUT2D eigenvalue weighted by atomic mass is 9.90. The van der Waals surface area contributed by atoms with E-state index in [0.29, 0.717) is 24.0 Å². The van der Waals surface area contributed by atoms with E-state index in [0.717, 1.165) is 41.9 Å². The summed E-state index contributed by atoms with van der Waals surface area (Å²) in [5.74, 6) is 1.89. The number of phenols is 1. The summed E-state index contributed by atoms with van der Waals surface area (Å²) >= 11 is 1.74. The van der Waals surface area contributed by atoms with Crippen LogP contribution in [0.4, 0.5) is 0 Å². The Bertz CT molecular complexity index is 1360. The third-order valence-electron chi connectivity index (χ3n) is 6.91. The van der Waals surface area contributed by atoms with Crippen molar-refractivity contribution < 1.29 is 5.11 Å². The first-order valence-electron chi connectivity index (χ1n) is 12.2. The third-order valence-corrected chi connectivity index (χ3v) is 7.89. The summed E-state index contributed by atoms with van der Waals surface area (Å²) in [7, 11) is 0. The van der Waals surface area contributed by atoms with E-state index >= 15 is 0 Å². The molecule has 0 saturated heterocycles. The Morgan fingerprint density at radius 1 is 1.20 bits per heavy atom. The molecule has 0 bridgehead atoms. The van der Waals surface area contributed by atoms with Crippen LogP contribution >= 0.6 is 11.3 Å². The van der Waals surface area contributed by atoms with Gasteiger partial charge in [-0.25, -0.2) is 4.99 Å². The second kappa shape index (κ2) is 9.97. The molecule has 2 aliphatic rings. The largest absolute Gasteiger partial charge is 0.508 e. The normalized spacial score (nSPS) is 19.9. The van der Waals surface area contributed by atoms with Gasteiger partial charge in [-0.1, -0.05) is 50.3 Å². The standard InChI is InChI=1S/C29H30N4OS/c1-18(2)20-9-12-25-27(21(15-20)16-30)29(31-14-13-19-7-10-22(34)11-8-19)33-28(32-25)24-17-35-26-6-4-3-5-23(24)26/h3-8,10-11,15,17-18,20,28,32,34H,9,12-14H2,1-2H3,(H,31,33). The number of nitriles is 1. The average molecular weight is 483 g/mol. The summed E-state index contributed by atoms with van der Waals surface area (Å²) in [6.45, 7) is 5.13. The number of nitrogens with one attached hydrogen (secondary N) is 2. The van der Waals surface area contributed by atoms with Crippen molar-refractivity contribution in [3.8, 4) is 11.8 Å². The van der Waals surface area contributed by atoms with Crippen LogP contribution in [0, 0.1) is 23.2 Å². The Balaban J connectivity index is 1.49. The second-order valence-corrected chi connectivity index (χ2v) is 10.5. The first-order valence-corrected chi connectivity index (χ1v) is 13.1. The van der Waals surface area contributed by atoms with Crippen molar-refractivity contribution in [1.29, 1.82) is 5.26 Å². The maximum atomic E-state index is 10.1. The highest BCUT2D eigenvalue weighted by Gasteiger charge is 2.31. The summed E-state index contributed by atoms with van der Waals surface area (Å²) in [6.07, 6.45) is 4.63. The molecule has 2 unspecified atom stereocenters. The molecule has 2 atom stereocenters. The number of allylic oxidation sites excluding steroid dienone is 2. The van der Waals surface area contributed by atoms with Crippen LogP contribution in [0.25, 0.3) is 10.1 Å². The van der Waals surface area contributed by atoms with Crippen LogP contribution in [0.1, 0.15) is 44.0 Å². The molecule has 1 aromatic heterocycles. The minimum Gasteiger partial charge on any atom is -0.508 e. The van der Waals surface area contributed by atoms with Gasteiger partial charge in [-0.2, -0.15) is 5.26 Å². The highest BCUT2D eigenvalue weighted by Crippen LogP contribution is 2.37. The van der Waals surface area contributed by atoms with Crippen molar-refractivity contribution in [1.82, 2.24) is 10.6 Å². The van der Waals surface area contributed by atoms with Gasteiger partial charge in [-0.3, -0.25) is 0 Å². The van der Waals surface area contributed by atoms with E-state index in [9.17, 15) is 10.4 Å². The fourth-order valence-electron chi connectivity index (χ4n) is 4.88. The van der Waals surface area contributed by atoms with Crippen molar-refractivity contribution >= 4 is 27.3 Å². The fraction of sp³-hybridized carbons (Fsp3) is 0.310. The van der Waals surface area contributed by atoms with Gasteiger partial charge < -0.3 is 15.7 Å². The number of amidine groups is 1. The van der Waals surface area contributed by atoms with Crippen LogP contribution in [-0.4, -0.2) is 17.5 Å². The molecule has 2 heterocycles. The first-order chi connectivity index (χ1) is 17.0. The summed E-state index contributed by atoms with van der Waals surface area (Å²) in [5, 5.41) is 30.3. The van der Waals surface area contributed by atoms with Crippen molar-refractivity contribution in [2.45, 2.75) is 39.3 Å². The smallest absolute Gasteiger partial charge is 0.148 e. The predicted octanol–water partition coefficient (Wildman–Crippen LogP) is 6.21. The van der Waals surface area contributed by atoms with E-state index in [1.165, 1.54) is 15.6 Å². The van der Waals surface area contributed by atoms with Crippen LogP contribution in [0.15, 0.2) is 81.8 Å². The second-order valence-electron chi connectivity index (χ2n) is 9.55. The Labute approximate surface area is 210 Å². The van der Waals surface area contributed by atoms with Gasteiger partial charge in [0.1, 0.15) is 17.8 Å². The summed E-state index contributed by atoms with van der Waals surface area (Å²) in [5.41, 5.74) is 5.02. The third kappa shape index (κ3) is 4.82. The number of aliphatic imine (C=N–C) groups is 1. The van der Waals surface area contributed by atoms with Crippen LogP contribution in [0.5, 0.6) is 5.75 Å². The summed E-state index contributed by atoms with van der Waals surface area (Å²) < 4.78 is 1.25. The molecule has 3 N–H and O–H groups in total. The average Bonchev–Trinajstić information content (AvgIpc) is 3.20. The maximum absolute atomic E-state index is 10.1. The van der Waals surface area contributed by atoms with E-state index in [1.54, 1.807) is 23.5 Å². The lowest BCUT2D eigenvalue weighted by molar-refractivity contribution is 0.430. The monoisotopic (exact) mass is 482 g/mol. The molecular formula is C29H30N4OS. The maximum Gasteiger partial charge on any atom is 0.148 e. The zero-order chi connectivity index (χ0) is 24.4. The van der Waals surface area contributed by atoms with Gasteiger partial charge in [0.2, 0.25) is 0 Å². The summed E-state index contributed by atoms with van der Waals surface area (Å²) in [6, 6.07) is 18.2.